The highest BCUT2D eigenvalue weighted by molar-refractivity contribution is 6.07. The number of nitriles is 2. The third-order valence-corrected chi connectivity index (χ3v) is 13.7. The van der Waals surface area contributed by atoms with Crippen LogP contribution in [0.4, 0.5) is 16.4 Å². The first kappa shape index (κ1) is 58.9. The van der Waals surface area contributed by atoms with Crippen molar-refractivity contribution in [2.75, 3.05) is 50.1 Å². The van der Waals surface area contributed by atoms with Crippen LogP contribution in [0.2, 0.25) is 0 Å². The van der Waals surface area contributed by atoms with Crippen LogP contribution in [0, 0.1) is 22.7 Å². The number of fused-ring (bicyclic) bond motifs is 2. The number of carbonyl (C=O) groups excluding carboxylic acids is 5. The molecular weight excluding hydrogens is 1020 g/mol. The van der Waals surface area contributed by atoms with Gasteiger partial charge >= 0.3 is 6.09 Å². The topological polar surface area (TPSA) is 248 Å². The highest BCUT2D eigenvalue weighted by atomic mass is 16.6. The maximum Gasteiger partial charge on any atom is 0.410 e. The monoisotopic (exact) mass is 1090 g/mol. The fourth-order valence-corrected chi connectivity index (χ4v) is 9.21. The van der Waals surface area contributed by atoms with Gasteiger partial charge in [-0.2, -0.15) is 20.7 Å². The zero-order valence-electron chi connectivity index (χ0n) is 44.4. The summed E-state index contributed by atoms with van der Waals surface area (Å²) >= 11 is 0. The van der Waals surface area contributed by atoms with Gasteiger partial charge in [-0.3, -0.25) is 29.0 Å². The summed E-state index contributed by atoms with van der Waals surface area (Å²) < 4.78 is 8.85. The van der Waals surface area contributed by atoms with Gasteiger partial charge in [-0.15, -0.1) is 0 Å². The highest BCUT2D eigenvalue weighted by Crippen LogP contribution is 2.29. The van der Waals surface area contributed by atoms with Gasteiger partial charge in [-0.1, -0.05) is 39.1 Å². The largest absolute Gasteiger partial charge is 0.444 e. The smallest absolute Gasteiger partial charge is 0.410 e. The van der Waals surface area contributed by atoms with Crippen molar-refractivity contribution in [1.82, 2.24) is 50.0 Å². The second-order valence-electron chi connectivity index (χ2n) is 20.2. The number of hydrogen-bond acceptors (Lipinski definition) is 13. The van der Waals surface area contributed by atoms with Crippen molar-refractivity contribution in [3.8, 4) is 34.4 Å². The molecule has 0 saturated carbocycles. The average Bonchev–Trinajstić information content (AvgIpc) is 4.34. The van der Waals surface area contributed by atoms with Gasteiger partial charge in [0.2, 0.25) is 0 Å². The van der Waals surface area contributed by atoms with E-state index in [0.29, 0.717) is 70.9 Å². The molecule has 8 heterocycles. The van der Waals surface area contributed by atoms with Gasteiger partial charge in [0, 0.05) is 97.4 Å². The van der Waals surface area contributed by atoms with Gasteiger partial charge in [-0.05, 0) is 143 Å². The number of anilines is 2. The van der Waals surface area contributed by atoms with Crippen molar-refractivity contribution < 1.29 is 28.7 Å². The van der Waals surface area contributed by atoms with Crippen LogP contribution in [-0.4, -0.2) is 122 Å². The van der Waals surface area contributed by atoms with Gasteiger partial charge in [0.15, 0.2) is 0 Å². The summed E-state index contributed by atoms with van der Waals surface area (Å²) in [6, 6.07) is 32.4. The Balaban J connectivity index is 0.000000231. The van der Waals surface area contributed by atoms with E-state index in [1.54, 1.807) is 113 Å². The Kier molecular flexibility index (Phi) is 18.7. The Hall–Kier alpha value is -9.79. The van der Waals surface area contributed by atoms with E-state index in [1.165, 1.54) is 22.2 Å². The zero-order chi connectivity index (χ0) is 55.8. The Morgan fingerprint density at radius 3 is 1.40 bits per heavy atom. The maximum absolute atomic E-state index is 13.2. The van der Waals surface area contributed by atoms with Crippen LogP contribution < -0.4 is 25.8 Å². The maximum atomic E-state index is 13.2. The molecule has 20 heteroatoms. The van der Waals surface area contributed by atoms with E-state index < -0.39 is 5.60 Å². The lowest BCUT2D eigenvalue weighted by Gasteiger charge is -2.33. The lowest BCUT2D eigenvalue weighted by molar-refractivity contribution is 0.0199. The third kappa shape index (κ3) is 13.9. The summed E-state index contributed by atoms with van der Waals surface area (Å²) in [4.78, 5) is 77.3. The van der Waals surface area contributed by atoms with Gasteiger partial charge in [-0.25, -0.2) is 23.8 Å². The molecule has 2 aliphatic rings. The number of nitrogens with zero attached hydrogens (tertiary/aromatic N) is 11. The molecule has 5 amide bonds. The fraction of sp³-hybridized carbons (Fsp3) is 0.295. The number of carbonyl (C=O) groups is 5. The standard InChI is InChI=1S/C32H33N7O4.C27H25N7O2.2CH4/c1-32(2,3)43-31(42)38-14-12-25(13-15-38)36-29(40)23-8-6-22(7-9-23)26-20-35-39-16-11-24(17-27(26)39)30(41)37(4)28-10-5-21(18-33)19-34-28;1-33(25-7-2-18(15-28)16-30-25)27(36)21-10-13-34-24(14-21)23(17-31-34)19-3-5-20(6-4-19)26(35)32-22-8-11-29-12-9-22;;/h5-11,16-17,19-20,25H,12-15H2,1-4H3,(H,36,40);2-7,10,13-14,16-17,22,29H,8-9,11-12H2,1H3,(H,32,35);2*1H4. The summed E-state index contributed by atoms with van der Waals surface area (Å²) in [5, 5.41) is 36.3. The van der Waals surface area contributed by atoms with Gasteiger partial charge < -0.3 is 25.6 Å². The first-order chi connectivity index (χ1) is 38.0. The molecule has 0 aliphatic carbocycles. The molecule has 0 unspecified atom stereocenters. The molecular formula is C61H66N14O6. The van der Waals surface area contributed by atoms with Crippen LogP contribution in [0.25, 0.3) is 33.3 Å². The summed E-state index contributed by atoms with van der Waals surface area (Å²) in [5.74, 6) is 0.156. The van der Waals surface area contributed by atoms with Crippen molar-refractivity contribution >= 4 is 52.4 Å². The van der Waals surface area contributed by atoms with Crippen molar-refractivity contribution in [2.24, 2.45) is 0 Å². The number of likely N-dealkylation sites (tertiary alicyclic amines) is 1. The fourth-order valence-electron chi connectivity index (χ4n) is 9.21. The number of aromatic nitrogens is 6. The summed E-state index contributed by atoms with van der Waals surface area (Å²) in [7, 11) is 3.28. The predicted molar refractivity (Wildman–Crippen MR) is 310 cm³/mol. The van der Waals surface area contributed by atoms with Crippen molar-refractivity contribution in [2.45, 2.75) is 79.0 Å². The first-order valence-electron chi connectivity index (χ1n) is 25.8. The van der Waals surface area contributed by atoms with E-state index in [-0.39, 0.29) is 56.7 Å². The number of pyridine rings is 4. The Labute approximate surface area is 471 Å². The molecule has 2 aromatic carbocycles. The van der Waals surface area contributed by atoms with E-state index in [0.717, 1.165) is 59.2 Å². The first-order valence-corrected chi connectivity index (χ1v) is 25.8. The number of hydrogen-bond donors (Lipinski definition) is 3. The average molecular weight is 1090 g/mol. The molecule has 0 bridgehead atoms. The molecule has 6 aromatic heterocycles. The van der Waals surface area contributed by atoms with E-state index >= 15 is 0 Å². The van der Waals surface area contributed by atoms with Crippen LogP contribution in [0.1, 0.15) is 114 Å². The summed E-state index contributed by atoms with van der Waals surface area (Å²) in [6.45, 7) is 8.42. The van der Waals surface area contributed by atoms with Crippen molar-refractivity contribution in [3.63, 3.8) is 0 Å². The summed E-state index contributed by atoms with van der Waals surface area (Å²) in [6.07, 6.45) is 12.7. The number of ether oxygens (including phenoxy) is 1. The lowest BCUT2D eigenvalue weighted by atomic mass is 10.0. The predicted octanol–water partition coefficient (Wildman–Crippen LogP) is 8.97. The Morgan fingerprint density at radius 2 is 1.01 bits per heavy atom. The molecule has 81 heavy (non-hydrogen) atoms. The van der Waals surface area contributed by atoms with E-state index in [2.05, 4.69) is 36.1 Å². The molecule has 2 aliphatic heterocycles. The molecule has 2 saturated heterocycles. The molecule has 10 rings (SSSR count). The van der Waals surface area contributed by atoms with Crippen LogP contribution >= 0.6 is 0 Å². The zero-order valence-corrected chi connectivity index (χ0v) is 44.4. The van der Waals surface area contributed by atoms with Crippen LogP contribution in [-0.2, 0) is 4.74 Å². The number of benzene rings is 2. The van der Waals surface area contributed by atoms with Crippen LogP contribution in [0.15, 0.2) is 134 Å². The van der Waals surface area contributed by atoms with Crippen molar-refractivity contribution in [1.29, 1.82) is 10.5 Å². The molecule has 416 valence electrons. The SMILES string of the molecule is C.C.CN(C(=O)c1ccn2ncc(-c3ccc(C(=O)NC4CCN(C(=O)OC(C)(C)C)CC4)cc3)c2c1)c1ccc(C#N)cn1.CN(C(=O)c1ccn2ncc(-c3ccc(C(=O)NC4CCNCC4)cc3)c2c1)c1ccc(C#N)cn1. The van der Waals surface area contributed by atoms with Gasteiger partial charge in [0.1, 0.15) is 29.4 Å². The molecule has 0 spiro atoms. The number of rotatable bonds is 10. The quantitative estimate of drug-likeness (QED) is 0.116. The molecule has 0 radical (unpaired) electrons. The highest BCUT2D eigenvalue weighted by Gasteiger charge is 2.28. The minimum absolute atomic E-state index is 0. The molecule has 2 fully saturated rings. The molecule has 0 atom stereocenters. The second-order valence-corrected chi connectivity index (χ2v) is 20.2. The second kappa shape index (κ2) is 25.8. The van der Waals surface area contributed by atoms with E-state index in [4.69, 9.17) is 15.3 Å². The van der Waals surface area contributed by atoms with Crippen molar-refractivity contribution in [3.05, 3.63) is 168 Å². The normalized spacial score (nSPS) is 13.4. The molecule has 8 aromatic rings. The van der Waals surface area contributed by atoms with Crippen LogP contribution in [0.3, 0.4) is 0 Å². The Morgan fingerprint density at radius 1 is 0.593 bits per heavy atom. The van der Waals surface area contributed by atoms with Gasteiger partial charge in [0.25, 0.3) is 23.6 Å². The number of amides is 5. The lowest BCUT2D eigenvalue weighted by Crippen LogP contribution is -2.47. The van der Waals surface area contributed by atoms with Crippen LogP contribution in [0.5, 0.6) is 0 Å². The minimum Gasteiger partial charge on any atom is -0.444 e. The molecule has 20 nitrogen and oxygen atoms in total. The minimum atomic E-state index is -0.543. The van der Waals surface area contributed by atoms with E-state index in [1.807, 2.05) is 69.3 Å². The van der Waals surface area contributed by atoms with E-state index in [9.17, 15) is 24.0 Å². The number of piperidine rings is 2. The van der Waals surface area contributed by atoms with Gasteiger partial charge in [0.05, 0.1) is 34.6 Å². The number of nitrogens with one attached hydrogen (secondary N) is 3. The molecule has 3 N–H and O–H groups in total. The Bertz CT molecular complexity index is 3620. The third-order valence-electron chi connectivity index (χ3n) is 13.7. The summed E-state index contributed by atoms with van der Waals surface area (Å²) in [5.41, 5.74) is 7.31.